The molecule has 20 heavy (non-hydrogen) atoms. The van der Waals surface area contributed by atoms with Crippen LogP contribution in [0.25, 0.3) is 0 Å². The molecule has 1 saturated carbocycles. The normalized spacial score (nSPS) is 18.0. The molecule has 0 aromatic rings. The fraction of sp³-hybridized carbons (Fsp3) is 0.867. The van der Waals surface area contributed by atoms with Crippen LogP contribution in [0.5, 0.6) is 0 Å². The zero-order valence-corrected chi connectivity index (χ0v) is 13.0. The van der Waals surface area contributed by atoms with Gasteiger partial charge in [-0.3, -0.25) is 14.5 Å². The smallest absolute Gasteiger partial charge is 0.305 e. The number of hydrogen-bond donors (Lipinski definition) is 1. The fourth-order valence-electron chi connectivity index (χ4n) is 3.23. The van der Waals surface area contributed by atoms with Gasteiger partial charge in [0.15, 0.2) is 0 Å². The Bertz CT molecular complexity index is 334. The first kappa shape index (κ1) is 17.0. The standard InChI is InChI=1S/C15H28N2O3/c1-4-17(5-2)13(18)12-16(3)15(11-14(19)20)9-7-6-8-10-15/h4-12H2,1-3H3,(H,19,20). The average Bonchev–Trinajstić information content (AvgIpc) is 2.40. The maximum atomic E-state index is 12.2. The van der Waals surface area contributed by atoms with E-state index in [0.29, 0.717) is 19.6 Å². The maximum absolute atomic E-state index is 12.2. The highest BCUT2D eigenvalue weighted by atomic mass is 16.4. The summed E-state index contributed by atoms with van der Waals surface area (Å²) >= 11 is 0. The van der Waals surface area contributed by atoms with Crippen molar-refractivity contribution in [2.45, 2.75) is 57.9 Å². The largest absolute Gasteiger partial charge is 0.481 e. The molecule has 0 atom stereocenters. The van der Waals surface area contributed by atoms with E-state index in [-0.39, 0.29) is 17.9 Å². The highest BCUT2D eigenvalue weighted by Gasteiger charge is 2.39. The summed E-state index contributed by atoms with van der Waals surface area (Å²) in [5.74, 6) is -0.679. The first-order chi connectivity index (χ1) is 9.45. The summed E-state index contributed by atoms with van der Waals surface area (Å²) in [5, 5.41) is 9.19. The third-order valence-corrected chi connectivity index (χ3v) is 4.56. The van der Waals surface area contributed by atoms with Crippen LogP contribution in [0.3, 0.4) is 0 Å². The summed E-state index contributed by atoms with van der Waals surface area (Å²) in [7, 11) is 1.90. The number of likely N-dealkylation sites (N-methyl/N-ethyl adjacent to an activating group) is 2. The highest BCUT2D eigenvalue weighted by molar-refractivity contribution is 5.78. The number of nitrogens with zero attached hydrogens (tertiary/aromatic N) is 2. The molecule has 0 spiro atoms. The summed E-state index contributed by atoms with van der Waals surface area (Å²) in [5.41, 5.74) is -0.340. The Balaban J connectivity index is 2.75. The Morgan fingerprint density at radius 1 is 1.10 bits per heavy atom. The van der Waals surface area contributed by atoms with E-state index in [0.717, 1.165) is 25.7 Å². The van der Waals surface area contributed by atoms with Crippen LogP contribution in [0, 0.1) is 0 Å². The lowest BCUT2D eigenvalue weighted by Crippen LogP contribution is -2.53. The molecule has 0 saturated heterocycles. The van der Waals surface area contributed by atoms with Crippen LogP contribution in [0.4, 0.5) is 0 Å². The quantitative estimate of drug-likeness (QED) is 0.776. The molecule has 1 aliphatic rings. The van der Waals surface area contributed by atoms with Gasteiger partial charge in [-0.1, -0.05) is 19.3 Å². The number of aliphatic carboxylic acids is 1. The molecule has 0 bridgehead atoms. The molecule has 1 rings (SSSR count). The van der Waals surface area contributed by atoms with Crippen LogP contribution in [0.2, 0.25) is 0 Å². The van der Waals surface area contributed by atoms with Gasteiger partial charge in [-0.2, -0.15) is 0 Å². The Hall–Kier alpha value is -1.10. The van der Waals surface area contributed by atoms with Crippen molar-refractivity contribution in [2.75, 3.05) is 26.7 Å². The number of rotatable bonds is 7. The SMILES string of the molecule is CCN(CC)C(=O)CN(C)C1(CC(=O)O)CCCCC1. The molecule has 5 heteroatoms. The van der Waals surface area contributed by atoms with Crippen LogP contribution in [0.1, 0.15) is 52.4 Å². The van der Waals surface area contributed by atoms with Crippen LogP contribution in [-0.4, -0.2) is 59.0 Å². The van der Waals surface area contributed by atoms with E-state index in [1.165, 1.54) is 6.42 Å². The molecule has 0 unspecified atom stereocenters. The van der Waals surface area contributed by atoms with Gasteiger partial charge < -0.3 is 10.0 Å². The third-order valence-electron chi connectivity index (χ3n) is 4.56. The summed E-state index contributed by atoms with van der Waals surface area (Å²) in [6.07, 6.45) is 5.16. The van der Waals surface area contributed by atoms with E-state index in [2.05, 4.69) is 0 Å². The van der Waals surface area contributed by atoms with E-state index in [1.54, 1.807) is 4.90 Å². The summed E-state index contributed by atoms with van der Waals surface area (Å²) in [6.45, 7) is 5.66. The Morgan fingerprint density at radius 2 is 1.65 bits per heavy atom. The van der Waals surface area contributed by atoms with Crippen molar-refractivity contribution in [1.29, 1.82) is 0 Å². The zero-order valence-electron chi connectivity index (χ0n) is 13.0. The van der Waals surface area contributed by atoms with Gasteiger partial charge in [-0.05, 0) is 33.7 Å². The number of carboxylic acid groups (broad SMARTS) is 1. The lowest BCUT2D eigenvalue weighted by atomic mass is 9.78. The van der Waals surface area contributed by atoms with Gasteiger partial charge in [0.05, 0.1) is 13.0 Å². The van der Waals surface area contributed by atoms with E-state index < -0.39 is 5.97 Å². The second-order valence-electron chi connectivity index (χ2n) is 5.78. The number of carboxylic acids is 1. The van der Waals surface area contributed by atoms with Crippen LogP contribution >= 0.6 is 0 Å². The zero-order chi connectivity index (χ0) is 15.2. The first-order valence-corrected chi connectivity index (χ1v) is 7.66. The van der Waals surface area contributed by atoms with Gasteiger partial charge in [0.1, 0.15) is 0 Å². The van der Waals surface area contributed by atoms with Crippen LogP contribution in [0.15, 0.2) is 0 Å². The minimum Gasteiger partial charge on any atom is -0.481 e. The van der Waals surface area contributed by atoms with Gasteiger partial charge in [0.2, 0.25) is 5.91 Å². The van der Waals surface area contributed by atoms with Crippen molar-refractivity contribution in [3.05, 3.63) is 0 Å². The van der Waals surface area contributed by atoms with Gasteiger partial charge in [-0.25, -0.2) is 0 Å². The van der Waals surface area contributed by atoms with E-state index in [9.17, 15) is 14.7 Å². The molecule has 1 amide bonds. The third kappa shape index (κ3) is 4.20. The summed E-state index contributed by atoms with van der Waals surface area (Å²) in [4.78, 5) is 27.2. The number of carbonyl (C=O) groups excluding carboxylic acids is 1. The van der Waals surface area contributed by atoms with Gasteiger partial charge in [0, 0.05) is 18.6 Å². The number of amides is 1. The van der Waals surface area contributed by atoms with E-state index in [4.69, 9.17) is 0 Å². The molecule has 116 valence electrons. The predicted molar refractivity (Wildman–Crippen MR) is 78.6 cm³/mol. The van der Waals surface area contributed by atoms with Crippen molar-refractivity contribution >= 4 is 11.9 Å². The summed E-state index contributed by atoms with van der Waals surface area (Å²) < 4.78 is 0. The second-order valence-corrected chi connectivity index (χ2v) is 5.78. The minimum absolute atomic E-state index is 0.0906. The molecular formula is C15H28N2O3. The lowest BCUT2D eigenvalue weighted by molar-refractivity contribution is -0.143. The maximum Gasteiger partial charge on any atom is 0.305 e. The molecular weight excluding hydrogens is 256 g/mol. The number of hydrogen-bond acceptors (Lipinski definition) is 3. The topological polar surface area (TPSA) is 60.9 Å². The van der Waals surface area contributed by atoms with Gasteiger partial charge in [-0.15, -0.1) is 0 Å². The molecule has 0 aromatic heterocycles. The molecule has 0 radical (unpaired) electrons. The molecule has 1 fully saturated rings. The molecule has 1 aliphatic carbocycles. The Kier molecular flexibility index (Phi) is 6.46. The molecule has 0 aliphatic heterocycles. The van der Waals surface area contributed by atoms with Crippen molar-refractivity contribution in [3.63, 3.8) is 0 Å². The van der Waals surface area contributed by atoms with Crippen LogP contribution < -0.4 is 0 Å². The van der Waals surface area contributed by atoms with Gasteiger partial charge in [0.25, 0.3) is 0 Å². The van der Waals surface area contributed by atoms with Crippen molar-refractivity contribution in [1.82, 2.24) is 9.80 Å². The Labute approximate surface area is 121 Å². The average molecular weight is 284 g/mol. The van der Waals surface area contributed by atoms with Crippen molar-refractivity contribution in [3.8, 4) is 0 Å². The van der Waals surface area contributed by atoms with Crippen molar-refractivity contribution in [2.24, 2.45) is 0 Å². The molecule has 1 N–H and O–H groups in total. The van der Waals surface area contributed by atoms with Gasteiger partial charge >= 0.3 is 5.97 Å². The number of carbonyl (C=O) groups is 2. The predicted octanol–water partition coefficient (Wildman–Crippen LogP) is 1.96. The fourth-order valence-corrected chi connectivity index (χ4v) is 3.23. The molecule has 0 aromatic carbocycles. The summed E-state index contributed by atoms with van der Waals surface area (Å²) in [6, 6.07) is 0. The monoisotopic (exact) mass is 284 g/mol. The molecule has 5 nitrogen and oxygen atoms in total. The highest BCUT2D eigenvalue weighted by Crippen LogP contribution is 2.35. The van der Waals surface area contributed by atoms with Crippen molar-refractivity contribution < 1.29 is 14.7 Å². The van der Waals surface area contributed by atoms with E-state index >= 15 is 0 Å². The van der Waals surface area contributed by atoms with Crippen LogP contribution in [-0.2, 0) is 9.59 Å². The molecule has 0 heterocycles. The first-order valence-electron chi connectivity index (χ1n) is 7.66. The lowest BCUT2D eigenvalue weighted by Gasteiger charge is -2.44. The Morgan fingerprint density at radius 3 is 2.10 bits per heavy atom. The minimum atomic E-state index is -0.769. The van der Waals surface area contributed by atoms with E-state index in [1.807, 2.05) is 25.8 Å². The second kappa shape index (κ2) is 7.62.